The third kappa shape index (κ3) is 8.59. The molecule has 0 aromatic heterocycles. The van der Waals surface area contributed by atoms with Crippen LogP contribution in [0, 0.1) is 5.41 Å². The molecule has 26 heavy (non-hydrogen) atoms. The van der Waals surface area contributed by atoms with Crippen LogP contribution in [0.2, 0.25) is 0 Å². The van der Waals surface area contributed by atoms with E-state index in [9.17, 15) is 15.0 Å². The molecule has 2 N–H and O–H groups in total. The number of carbonyl (C=O) groups excluding carboxylic acids is 1. The second-order valence-electron chi connectivity index (χ2n) is 9.06. The average molecular weight is 365 g/mol. The first-order chi connectivity index (χ1) is 12.0. The van der Waals surface area contributed by atoms with Crippen LogP contribution in [0.15, 0.2) is 12.1 Å². The molecular formula is C22H36O4. The van der Waals surface area contributed by atoms with Crippen LogP contribution >= 0.6 is 0 Å². The predicted octanol–water partition coefficient (Wildman–Crippen LogP) is 5.52. The van der Waals surface area contributed by atoms with Crippen molar-refractivity contribution in [3.05, 3.63) is 23.3 Å². The van der Waals surface area contributed by atoms with Crippen LogP contribution in [-0.4, -0.2) is 22.3 Å². The highest BCUT2D eigenvalue weighted by molar-refractivity contribution is 5.45. The second kappa shape index (κ2) is 9.84. The molecule has 0 aliphatic carbocycles. The van der Waals surface area contributed by atoms with Crippen molar-refractivity contribution >= 4 is 6.47 Å². The quantitative estimate of drug-likeness (QED) is 0.308. The van der Waals surface area contributed by atoms with Gasteiger partial charge >= 0.3 is 0 Å². The van der Waals surface area contributed by atoms with Gasteiger partial charge in [0.2, 0.25) is 0 Å². The van der Waals surface area contributed by atoms with Crippen molar-refractivity contribution in [3.63, 3.8) is 0 Å². The molecular weight excluding hydrogens is 328 g/mol. The maximum atomic E-state index is 10.4. The number of benzene rings is 1. The van der Waals surface area contributed by atoms with Crippen molar-refractivity contribution in [1.82, 2.24) is 0 Å². The molecule has 0 amide bonds. The maximum Gasteiger partial charge on any atom is 0.293 e. The van der Waals surface area contributed by atoms with Gasteiger partial charge in [-0.3, -0.25) is 4.79 Å². The van der Waals surface area contributed by atoms with Crippen molar-refractivity contribution in [1.29, 1.82) is 0 Å². The molecule has 0 atom stereocenters. The number of phenolic OH excluding ortho intramolecular Hbond substituents is 2. The summed E-state index contributed by atoms with van der Waals surface area (Å²) in [5.74, 6) is 0.537. The lowest BCUT2D eigenvalue weighted by atomic mass is 9.89. The molecule has 0 fully saturated rings. The fourth-order valence-electron chi connectivity index (χ4n) is 3.09. The Balaban J connectivity index is 2.49. The van der Waals surface area contributed by atoms with Gasteiger partial charge in [0.1, 0.15) is 17.1 Å². The Labute approximate surface area is 158 Å². The molecule has 0 aliphatic rings. The van der Waals surface area contributed by atoms with Gasteiger partial charge in [0.25, 0.3) is 6.47 Å². The van der Waals surface area contributed by atoms with Crippen LogP contribution in [-0.2, 0) is 22.4 Å². The number of aryl methyl sites for hydroxylation is 2. The monoisotopic (exact) mass is 364 g/mol. The highest BCUT2D eigenvalue weighted by Gasteiger charge is 2.18. The standard InChI is InChI=1S/C22H36O4/c1-21(2,3)12-8-6-10-17-14-20(25)18(15-19(17)24)11-7-9-13-22(4,5)26-16-23/h14-16,24-25H,6-13H2,1-5H3. The number of hydrogen-bond acceptors (Lipinski definition) is 4. The van der Waals surface area contributed by atoms with Gasteiger partial charge in [0.05, 0.1) is 0 Å². The maximum absolute atomic E-state index is 10.4. The summed E-state index contributed by atoms with van der Waals surface area (Å²) in [7, 11) is 0. The molecule has 1 rings (SSSR count). The summed E-state index contributed by atoms with van der Waals surface area (Å²) in [6.45, 7) is 11.0. The summed E-state index contributed by atoms with van der Waals surface area (Å²) in [6.07, 6.45) is 7.28. The van der Waals surface area contributed by atoms with Crippen molar-refractivity contribution in [2.45, 2.75) is 91.6 Å². The SMILES string of the molecule is CC(C)(C)CCCCc1cc(O)c(CCCCC(C)(C)OC=O)cc1O. The van der Waals surface area contributed by atoms with Crippen LogP contribution in [0.25, 0.3) is 0 Å². The lowest BCUT2D eigenvalue weighted by molar-refractivity contribution is -0.140. The topological polar surface area (TPSA) is 66.8 Å². The molecule has 148 valence electrons. The Morgan fingerprint density at radius 3 is 1.73 bits per heavy atom. The van der Waals surface area contributed by atoms with Crippen LogP contribution in [0.4, 0.5) is 0 Å². The molecule has 0 saturated carbocycles. The molecule has 0 spiro atoms. The van der Waals surface area contributed by atoms with Gasteiger partial charge < -0.3 is 14.9 Å². The summed E-state index contributed by atoms with van der Waals surface area (Å²) in [6, 6.07) is 3.41. The lowest BCUT2D eigenvalue weighted by Gasteiger charge is -2.22. The van der Waals surface area contributed by atoms with Gasteiger partial charge in [-0.25, -0.2) is 0 Å². The van der Waals surface area contributed by atoms with E-state index < -0.39 is 5.60 Å². The normalized spacial score (nSPS) is 12.2. The zero-order valence-corrected chi connectivity index (χ0v) is 17.1. The van der Waals surface area contributed by atoms with Gasteiger partial charge in [0, 0.05) is 0 Å². The molecule has 0 unspecified atom stereocenters. The van der Waals surface area contributed by atoms with Gasteiger partial charge in [-0.15, -0.1) is 0 Å². The zero-order valence-electron chi connectivity index (χ0n) is 17.1. The Morgan fingerprint density at radius 1 is 0.846 bits per heavy atom. The molecule has 4 nitrogen and oxygen atoms in total. The van der Waals surface area contributed by atoms with Crippen molar-refractivity contribution in [2.24, 2.45) is 5.41 Å². The zero-order chi connectivity index (χ0) is 19.8. The molecule has 0 bridgehead atoms. The number of aromatic hydroxyl groups is 2. The highest BCUT2D eigenvalue weighted by atomic mass is 16.5. The predicted molar refractivity (Wildman–Crippen MR) is 106 cm³/mol. The minimum Gasteiger partial charge on any atom is -0.508 e. The first kappa shape index (κ1) is 22.3. The summed E-state index contributed by atoms with van der Waals surface area (Å²) in [5.41, 5.74) is 1.47. The Bertz CT molecular complexity index is 570. The van der Waals surface area contributed by atoms with E-state index in [1.807, 2.05) is 13.8 Å². The molecule has 0 radical (unpaired) electrons. The summed E-state index contributed by atoms with van der Waals surface area (Å²) >= 11 is 0. The number of unbranched alkanes of at least 4 members (excludes halogenated alkanes) is 2. The fourth-order valence-corrected chi connectivity index (χ4v) is 3.09. The van der Waals surface area contributed by atoms with Crippen molar-refractivity contribution in [2.75, 3.05) is 0 Å². The third-order valence-corrected chi connectivity index (χ3v) is 4.74. The van der Waals surface area contributed by atoms with Crippen LogP contribution in [0.3, 0.4) is 0 Å². The number of hydrogen-bond donors (Lipinski definition) is 2. The Hall–Kier alpha value is -1.71. The van der Waals surface area contributed by atoms with E-state index in [0.29, 0.717) is 18.3 Å². The summed E-state index contributed by atoms with van der Waals surface area (Å²) < 4.78 is 5.04. The van der Waals surface area contributed by atoms with E-state index in [-0.39, 0.29) is 11.5 Å². The van der Waals surface area contributed by atoms with Gasteiger partial charge in [0.15, 0.2) is 0 Å². The third-order valence-electron chi connectivity index (χ3n) is 4.74. The van der Waals surface area contributed by atoms with E-state index in [0.717, 1.165) is 56.1 Å². The average Bonchev–Trinajstić information content (AvgIpc) is 2.50. The molecule has 0 heterocycles. The van der Waals surface area contributed by atoms with Crippen LogP contribution in [0.5, 0.6) is 11.5 Å². The summed E-state index contributed by atoms with van der Waals surface area (Å²) in [4.78, 5) is 10.4. The minimum atomic E-state index is -0.456. The first-order valence-electron chi connectivity index (χ1n) is 9.69. The van der Waals surface area contributed by atoms with E-state index in [2.05, 4.69) is 20.8 Å². The molecule has 1 aromatic carbocycles. The lowest BCUT2D eigenvalue weighted by Crippen LogP contribution is -2.23. The number of carbonyl (C=O) groups is 1. The summed E-state index contributed by atoms with van der Waals surface area (Å²) in [5, 5.41) is 20.5. The van der Waals surface area contributed by atoms with E-state index in [4.69, 9.17) is 4.74 Å². The van der Waals surface area contributed by atoms with Crippen molar-refractivity contribution in [3.8, 4) is 11.5 Å². The van der Waals surface area contributed by atoms with E-state index in [1.54, 1.807) is 12.1 Å². The fraction of sp³-hybridized carbons (Fsp3) is 0.682. The molecule has 0 saturated heterocycles. The molecule has 0 aliphatic heterocycles. The molecule has 1 aromatic rings. The first-order valence-corrected chi connectivity index (χ1v) is 9.69. The highest BCUT2D eigenvalue weighted by Crippen LogP contribution is 2.31. The largest absolute Gasteiger partial charge is 0.508 e. The van der Waals surface area contributed by atoms with Gasteiger partial charge in [-0.2, -0.15) is 0 Å². The van der Waals surface area contributed by atoms with E-state index >= 15 is 0 Å². The van der Waals surface area contributed by atoms with Crippen LogP contribution < -0.4 is 0 Å². The van der Waals surface area contributed by atoms with Gasteiger partial charge in [-0.1, -0.05) is 27.2 Å². The number of phenols is 2. The number of rotatable bonds is 11. The number of ether oxygens (including phenoxy) is 1. The second-order valence-corrected chi connectivity index (χ2v) is 9.06. The van der Waals surface area contributed by atoms with E-state index in [1.165, 1.54) is 0 Å². The van der Waals surface area contributed by atoms with Gasteiger partial charge in [-0.05, 0) is 87.5 Å². The van der Waals surface area contributed by atoms with Crippen LogP contribution in [0.1, 0.15) is 84.3 Å². The Kier molecular flexibility index (Phi) is 8.45. The van der Waals surface area contributed by atoms with Crippen molar-refractivity contribution < 1.29 is 19.7 Å². The smallest absolute Gasteiger partial charge is 0.293 e. The molecule has 4 heteroatoms. The minimum absolute atomic E-state index is 0.261. The Morgan fingerprint density at radius 2 is 1.31 bits per heavy atom.